The van der Waals surface area contributed by atoms with Crippen LogP contribution < -0.4 is 0 Å². The van der Waals surface area contributed by atoms with Crippen molar-refractivity contribution in [2.45, 2.75) is 86.4 Å². The fourth-order valence-corrected chi connectivity index (χ4v) is 9.64. The van der Waals surface area contributed by atoms with Crippen LogP contribution in [0.2, 0.25) is 0 Å². The highest BCUT2D eigenvalue weighted by molar-refractivity contribution is 5.96. The largest absolute Gasteiger partial charge is 0.465 e. The maximum atomic E-state index is 13.2. The van der Waals surface area contributed by atoms with Gasteiger partial charge in [-0.1, -0.05) is 52.3 Å². The van der Waals surface area contributed by atoms with E-state index in [0.29, 0.717) is 13.0 Å². The SMILES string of the molecule is CC(=O)O[C@H]1[C@@H](OC(C)=O)[C@@]2(C)C3=CC[C@@H]([C@@H]4COC(=O)C4)[C@]3(C)CC[C@@H]2[C@@]2(C)C=CC(=O)C(C)(C)[C@H]12. The van der Waals surface area contributed by atoms with Crippen molar-refractivity contribution in [1.82, 2.24) is 0 Å². The minimum absolute atomic E-state index is 0.0102. The average molecular weight is 513 g/mol. The summed E-state index contributed by atoms with van der Waals surface area (Å²) in [7, 11) is 0. The van der Waals surface area contributed by atoms with Crippen molar-refractivity contribution < 1.29 is 33.4 Å². The lowest BCUT2D eigenvalue weighted by Gasteiger charge is -2.68. The van der Waals surface area contributed by atoms with Gasteiger partial charge in [0.1, 0.15) is 12.2 Å². The van der Waals surface area contributed by atoms with Crippen molar-refractivity contribution >= 4 is 23.7 Å². The van der Waals surface area contributed by atoms with Crippen LogP contribution in [0.3, 0.4) is 0 Å². The molecule has 9 atom stereocenters. The van der Waals surface area contributed by atoms with E-state index in [1.807, 2.05) is 19.9 Å². The highest BCUT2D eigenvalue weighted by Crippen LogP contribution is 2.73. The van der Waals surface area contributed by atoms with Gasteiger partial charge >= 0.3 is 17.9 Å². The highest BCUT2D eigenvalue weighted by Gasteiger charge is 2.72. The third-order valence-corrected chi connectivity index (χ3v) is 11.0. The van der Waals surface area contributed by atoms with E-state index >= 15 is 0 Å². The fraction of sp³-hybridized carbons (Fsp3) is 0.733. The lowest BCUT2D eigenvalue weighted by Crippen LogP contribution is -2.70. The Labute approximate surface area is 219 Å². The molecule has 0 radical (unpaired) electrons. The van der Waals surface area contributed by atoms with E-state index in [-0.39, 0.29) is 40.8 Å². The Balaban J connectivity index is 1.68. The lowest BCUT2D eigenvalue weighted by atomic mass is 9.37. The average Bonchev–Trinajstić information content (AvgIpc) is 3.36. The molecule has 0 aromatic rings. The van der Waals surface area contributed by atoms with Crippen LogP contribution in [0.4, 0.5) is 0 Å². The van der Waals surface area contributed by atoms with Crippen molar-refractivity contribution in [1.29, 1.82) is 0 Å². The topological polar surface area (TPSA) is 96.0 Å². The maximum Gasteiger partial charge on any atom is 0.306 e. The number of hydrogen-bond acceptors (Lipinski definition) is 7. The zero-order chi connectivity index (χ0) is 27.1. The molecular weight excluding hydrogens is 472 g/mol. The summed E-state index contributed by atoms with van der Waals surface area (Å²) >= 11 is 0. The third kappa shape index (κ3) is 3.51. The second-order valence-corrected chi connectivity index (χ2v) is 13.3. The molecule has 0 amide bonds. The first kappa shape index (κ1) is 26.2. The molecule has 3 fully saturated rings. The molecular formula is C30H40O7. The van der Waals surface area contributed by atoms with Crippen LogP contribution in [-0.4, -0.2) is 42.5 Å². The molecule has 5 rings (SSSR count). The second-order valence-electron chi connectivity index (χ2n) is 13.3. The summed E-state index contributed by atoms with van der Waals surface area (Å²) in [4.78, 5) is 50.3. The van der Waals surface area contributed by atoms with Crippen LogP contribution in [0.15, 0.2) is 23.8 Å². The molecule has 1 saturated heterocycles. The summed E-state index contributed by atoms with van der Waals surface area (Å²) in [6.45, 7) is 13.7. The predicted molar refractivity (Wildman–Crippen MR) is 135 cm³/mol. The number of ketones is 1. The molecule has 1 heterocycles. The Hall–Kier alpha value is -2.44. The zero-order valence-electron chi connectivity index (χ0n) is 23.1. The monoisotopic (exact) mass is 512 g/mol. The number of esters is 3. The van der Waals surface area contributed by atoms with Gasteiger partial charge in [-0.25, -0.2) is 0 Å². The number of ether oxygens (including phenoxy) is 3. The van der Waals surface area contributed by atoms with E-state index in [1.54, 1.807) is 6.08 Å². The van der Waals surface area contributed by atoms with Crippen molar-refractivity contribution in [3.63, 3.8) is 0 Å². The maximum absolute atomic E-state index is 13.2. The first-order chi connectivity index (χ1) is 17.2. The first-order valence-corrected chi connectivity index (χ1v) is 13.6. The Morgan fingerprint density at radius 3 is 2.30 bits per heavy atom. The van der Waals surface area contributed by atoms with Crippen LogP contribution in [0.25, 0.3) is 0 Å². The highest BCUT2D eigenvalue weighted by atomic mass is 16.6. The summed E-state index contributed by atoms with van der Waals surface area (Å²) in [6, 6.07) is 0. The van der Waals surface area contributed by atoms with Crippen molar-refractivity contribution in [2.24, 2.45) is 45.3 Å². The summed E-state index contributed by atoms with van der Waals surface area (Å²) < 4.78 is 17.6. The number of hydrogen-bond donors (Lipinski definition) is 0. The van der Waals surface area contributed by atoms with Crippen LogP contribution >= 0.6 is 0 Å². The number of fused-ring (bicyclic) bond motifs is 5. The third-order valence-electron chi connectivity index (χ3n) is 11.0. The van der Waals surface area contributed by atoms with Gasteiger partial charge in [0.05, 0.1) is 13.0 Å². The molecule has 4 aliphatic carbocycles. The molecule has 0 N–H and O–H groups in total. The molecule has 0 aromatic carbocycles. The summed E-state index contributed by atoms with van der Waals surface area (Å²) in [5, 5.41) is 0. The second kappa shape index (κ2) is 8.28. The Bertz CT molecular complexity index is 1120. The first-order valence-electron chi connectivity index (χ1n) is 13.6. The summed E-state index contributed by atoms with van der Waals surface area (Å²) in [5.41, 5.74) is -0.862. The van der Waals surface area contributed by atoms with Gasteiger partial charge in [-0.3, -0.25) is 19.2 Å². The molecule has 37 heavy (non-hydrogen) atoms. The molecule has 7 nitrogen and oxygen atoms in total. The molecule has 1 aliphatic heterocycles. The van der Waals surface area contributed by atoms with Gasteiger partial charge in [-0.2, -0.15) is 0 Å². The summed E-state index contributed by atoms with van der Waals surface area (Å²) in [5.74, 6) is -0.924. The van der Waals surface area contributed by atoms with Crippen LogP contribution in [0.5, 0.6) is 0 Å². The normalized spacial score (nSPS) is 45.8. The van der Waals surface area contributed by atoms with Gasteiger partial charge in [0.15, 0.2) is 5.78 Å². The Morgan fingerprint density at radius 1 is 1.03 bits per heavy atom. The van der Waals surface area contributed by atoms with Crippen molar-refractivity contribution in [3.05, 3.63) is 23.8 Å². The van der Waals surface area contributed by atoms with E-state index < -0.39 is 40.4 Å². The smallest absolute Gasteiger partial charge is 0.306 e. The van der Waals surface area contributed by atoms with Crippen LogP contribution in [0.1, 0.15) is 74.1 Å². The number of allylic oxidation sites excluding steroid dienone is 3. The van der Waals surface area contributed by atoms with Gasteiger partial charge in [0.2, 0.25) is 0 Å². The molecule has 202 valence electrons. The molecule has 5 aliphatic rings. The number of rotatable bonds is 3. The van der Waals surface area contributed by atoms with E-state index in [4.69, 9.17) is 14.2 Å². The van der Waals surface area contributed by atoms with Gasteiger partial charge in [-0.05, 0) is 48.0 Å². The van der Waals surface area contributed by atoms with Crippen molar-refractivity contribution in [3.8, 4) is 0 Å². The van der Waals surface area contributed by atoms with E-state index in [9.17, 15) is 19.2 Å². The van der Waals surface area contributed by atoms with Crippen LogP contribution in [-0.2, 0) is 33.4 Å². The molecule has 0 unspecified atom stereocenters. The van der Waals surface area contributed by atoms with E-state index in [2.05, 4.69) is 26.8 Å². The standard InChI is InChI=1S/C30H40O7/c1-16(31)36-24-25-27(3,4)22(33)11-13-29(25,6)21-10-12-28(5)19(18-14-23(34)35-15-18)8-9-20(28)30(21,7)26(24)37-17(2)32/h9,11,13,18-19,21,24-26H,8,10,12,14-15H2,1-7H3/t18-,19-,21+,24+,25-,26+,28-,29+,30-/m0/s1. The molecule has 7 heteroatoms. The van der Waals surface area contributed by atoms with E-state index in [0.717, 1.165) is 19.3 Å². The van der Waals surface area contributed by atoms with E-state index in [1.165, 1.54) is 19.4 Å². The number of carbonyl (C=O) groups is 4. The number of cyclic esters (lactones) is 1. The van der Waals surface area contributed by atoms with Gasteiger partial charge in [-0.15, -0.1) is 0 Å². The Kier molecular flexibility index (Phi) is 5.86. The summed E-state index contributed by atoms with van der Waals surface area (Å²) in [6.07, 6.45) is 7.59. The van der Waals surface area contributed by atoms with Gasteiger partial charge < -0.3 is 14.2 Å². The minimum atomic E-state index is -0.807. The molecule has 0 spiro atoms. The Morgan fingerprint density at radius 2 is 1.70 bits per heavy atom. The van der Waals surface area contributed by atoms with Crippen molar-refractivity contribution in [2.75, 3.05) is 6.61 Å². The quantitative estimate of drug-likeness (QED) is 0.310. The number of carbonyl (C=O) groups excluding carboxylic acids is 4. The lowest BCUT2D eigenvalue weighted by molar-refractivity contribution is -0.238. The fourth-order valence-electron chi connectivity index (χ4n) is 9.64. The van der Waals surface area contributed by atoms with Gasteiger partial charge in [0.25, 0.3) is 0 Å². The molecule has 0 bridgehead atoms. The minimum Gasteiger partial charge on any atom is -0.465 e. The van der Waals surface area contributed by atoms with Crippen LogP contribution in [0, 0.1) is 45.3 Å². The molecule has 0 aromatic heterocycles. The van der Waals surface area contributed by atoms with Gasteiger partial charge in [0, 0.05) is 36.5 Å². The zero-order valence-corrected chi connectivity index (χ0v) is 23.1. The molecule has 2 saturated carbocycles. The predicted octanol–water partition coefficient (Wildman–Crippen LogP) is 4.58.